The van der Waals surface area contributed by atoms with E-state index in [2.05, 4.69) is 10.3 Å². The van der Waals surface area contributed by atoms with Gasteiger partial charge in [0.15, 0.2) is 0 Å². The molecule has 0 saturated heterocycles. The summed E-state index contributed by atoms with van der Waals surface area (Å²) in [6.45, 7) is 0. The Labute approximate surface area is 144 Å². The van der Waals surface area contributed by atoms with Crippen molar-refractivity contribution in [2.24, 2.45) is 0 Å². The molecule has 1 aliphatic rings. The van der Waals surface area contributed by atoms with Gasteiger partial charge in [-0.3, -0.25) is 4.79 Å². The molecule has 0 radical (unpaired) electrons. The molecule has 1 amide bonds. The molecular weight excluding hydrogens is 354 g/mol. The van der Waals surface area contributed by atoms with Crippen LogP contribution >= 0.6 is 22.9 Å². The van der Waals surface area contributed by atoms with Crippen LogP contribution in [0.15, 0.2) is 35.7 Å². The molecule has 0 spiro atoms. The first kappa shape index (κ1) is 15.2. The average molecular weight is 363 g/mol. The Morgan fingerprint density at radius 1 is 1.17 bits per heavy atom. The molecule has 0 atom stereocenters. The smallest absolute Gasteiger partial charge is 0.228 e. The summed E-state index contributed by atoms with van der Waals surface area (Å²) in [5.41, 5.74) is 3.06. The van der Waals surface area contributed by atoms with Crippen molar-refractivity contribution in [3.63, 3.8) is 0 Å². The van der Waals surface area contributed by atoms with E-state index >= 15 is 0 Å². The molecule has 24 heavy (non-hydrogen) atoms. The van der Waals surface area contributed by atoms with Crippen LogP contribution < -0.4 is 5.32 Å². The zero-order valence-electron chi connectivity index (χ0n) is 12.1. The predicted molar refractivity (Wildman–Crippen MR) is 90.2 cm³/mol. The van der Waals surface area contributed by atoms with Crippen molar-refractivity contribution in [1.82, 2.24) is 4.98 Å². The van der Waals surface area contributed by atoms with Gasteiger partial charge in [-0.05, 0) is 29.8 Å². The quantitative estimate of drug-likeness (QED) is 0.704. The van der Waals surface area contributed by atoms with Crippen molar-refractivity contribution in [1.29, 1.82) is 0 Å². The predicted octanol–water partition coefficient (Wildman–Crippen LogP) is 4.90. The van der Waals surface area contributed by atoms with Gasteiger partial charge in [0.2, 0.25) is 5.91 Å². The van der Waals surface area contributed by atoms with E-state index in [1.54, 1.807) is 11.4 Å². The Morgan fingerprint density at radius 3 is 2.79 bits per heavy atom. The molecule has 120 valence electrons. The fraction of sp³-hybridized carbons (Fsp3) is 0.0588. The molecule has 0 unspecified atom stereocenters. The van der Waals surface area contributed by atoms with Gasteiger partial charge in [0, 0.05) is 28.3 Å². The average Bonchev–Trinajstić information content (AvgIpc) is 3.12. The van der Waals surface area contributed by atoms with Gasteiger partial charge in [-0.1, -0.05) is 11.6 Å². The standard InChI is InChI=1S/C17H9ClF2N2OS/c18-12-6-14-8(4-16(23)21-14)3-11(12)15-7-24-17(22-15)10-2-1-9(19)5-13(10)20/h1-3,5-7H,4H2,(H,21,23). The maximum atomic E-state index is 13.9. The molecule has 7 heteroatoms. The summed E-state index contributed by atoms with van der Waals surface area (Å²) in [7, 11) is 0. The lowest BCUT2D eigenvalue weighted by atomic mass is 10.1. The lowest BCUT2D eigenvalue weighted by molar-refractivity contribution is -0.115. The van der Waals surface area contributed by atoms with Crippen LogP contribution in [0.4, 0.5) is 14.5 Å². The summed E-state index contributed by atoms with van der Waals surface area (Å²) in [6.07, 6.45) is 0.295. The molecule has 1 aromatic heterocycles. The van der Waals surface area contributed by atoms with E-state index in [0.29, 0.717) is 33.4 Å². The summed E-state index contributed by atoms with van der Waals surface area (Å²) >= 11 is 7.53. The van der Waals surface area contributed by atoms with Crippen LogP contribution in [-0.2, 0) is 11.2 Å². The van der Waals surface area contributed by atoms with Gasteiger partial charge in [-0.25, -0.2) is 13.8 Å². The molecule has 1 aliphatic heterocycles. The SMILES string of the molecule is O=C1Cc2cc(-c3csc(-c4ccc(F)cc4F)n3)c(Cl)cc2N1. The maximum Gasteiger partial charge on any atom is 0.228 e. The lowest BCUT2D eigenvalue weighted by Crippen LogP contribution is -2.03. The van der Waals surface area contributed by atoms with Gasteiger partial charge in [-0.2, -0.15) is 0 Å². The van der Waals surface area contributed by atoms with E-state index in [9.17, 15) is 13.6 Å². The Hall–Kier alpha value is -2.31. The van der Waals surface area contributed by atoms with E-state index in [1.165, 1.54) is 23.5 Å². The largest absolute Gasteiger partial charge is 0.325 e. The van der Waals surface area contributed by atoms with E-state index < -0.39 is 11.6 Å². The first-order valence-electron chi connectivity index (χ1n) is 7.05. The van der Waals surface area contributed by atoms with Crippen LogP contribution in [0.25, 0.3) is 21.8 Å². The molecule has 2 aromatic carbocycles. The number of halogens is 3. The number of amides is 1. The first-order chi connectivity index (χ1) is 11.5. The van der Waals surface area contributed by atoms with Gasteiger partial charge >= 0.3 is 0 Å². The summed E-state index contributed by atoms with van der Waals surface area (Å²) in [5.74, 6) is -1.37. The third-order valence-corrected chi connectivity index (χ3v) is 4.95. The van der Waals surface area contributed by atoms with Crippen LogP contribution in [0.2, 0.25) is 5.02 Å². The van der Waals surface area contributed by atoms with E-state index in [1.807, 2.05) is 6.07 Å². The van der Waals surface area contributed by atoms with Crippen LogP contribution in [0, 0.1) is 11.6 Å². The second-order valence-electron chi connectivity index (χ2n) is 5.38. The molecule has 0 bridgehead atoms. The number of benzene rings is 2. The fourth-order valence-corrected chi connectivity index (χ4v) is 3.74. The number of hydrogen-bond donors (Lipinski definition) is 1. The lowest BCUT2D eigenvalue weighted by Gasteiger charge is -2.05. The number of anilines is 1. The second-order valence-corrected chi connectivity index (χ2v) is 6.64. The van der Waals surface area contributed by atoms with Crippen LogP contribution in [0.1, 0.15) is 5.56 Å². The summed E-state index contributed by atoms with van der Waals surface area (Å²) in [6, 6.07) is 6.89. The van der Waals surface area contributed by atoms with E-state index in [0.717, 1.165) is 11.6 Å². The zero-order valence-corrected chi connectivity index (χ0v) is 13.6. The van der Waals surface area contributed by atoms with Crippen molar-refractivity contribution in [3.05, 3.63) is 57.9 Å². The maximum absolute atomic E-state index is 13.9. The van der Waals surface area contributed by atoms with Gasteiger partial charge in [-0.15, -0.1) is 11.3 Å². The monoisotopic (exact) mass is 362 g/mol. The third-order valence-electron chi connectivity index (χ3n) is 3.76. The molecule has 2 heterocycles. The van der Waals surface area contributed by atoms with Crippen LogP contribution in [0.3, 0.4) is 0 Å². The molecule has 1 N–H and O–H groups in total. The highest BCUT2D eigenvalue weighted by Gasteiger charge is 2.21. The highest BCUT2D eigenvalue weighted by atomic mass is 35.5. The Kier molecular flexibility index (Phi) is 3.58. The number of nitrogens with one attached hydrogen (secondary N) is 1. The number of thiazole rings is 1. The molecule has 0 aliphatic carbocycles. The number of rotatable bonds is 2. The number of aromatic nitrogens is 1. The third kappa shape index (κ3) is 2.57. The van der Waals surface area contributed by atoms with E-state index in [4.69, 9.17) is 11.6 Å². The highest BCUT2D eigenvalue weighted by molar-refractivity contribution is 7.13. The van der Waals surface area contributed by atoms with Crippen molar-refractivity contribution in [3.8, 4) is 21.8 Å². The molecule has 3 aromatic rings. The van der Waals surface area contributed by atoms with E-state index in [-0.39, 0.29) is 11.5 Å². The Morgan fingerprint density at radius 2 is 2.00 bits per heavy atom. The van der Waals surface area contributed by atoms with Crippen LogP contribution in [-0.4, -0.2) is 10.9 Å². The molecule has 0 fully saturated rings. The van der Waals surface area contributed by atoms with Gasteiger partial charge in [0.25, 0.3) is 0 Å². The minimum absolute atomic E-state index is 0.0782. The fourth-order valence-electron chi connectivity index (χ4n) is 2.63. The molecular formula is C17H9ClF2N2OS. The van der Waals surface area contributed by atoms with Gasteiger partial charge < -0.3 is 5.32 Å². The van der Waals surface area contributed by atoms with Gasteiger partial charge in [0.1, 0.15) is 16.6 Å². The summed E-state index contributed by atoms with van der Waals surface area (Å²) < 4.78 is 26.9. The Bertz CT molecular complexity index is 987. The second kappa shape index (κ2) is 5.65. The number of carbonyl (C=O) groups excluding carboxylic acids is 1. The first-order valence-corrected chi connectivity index (χ1v) is 8.30. The van der Waals surface area contributed by atoms with Crippen LogP contribution in [0.5, 0.6) is 0 Å². The topological polar surface area (TPSA) is 42.0 Å². The molecule has 0 saturated carbocycles. The van der Waals surface area contributed by atoms with Crippen molar-refractivity contribution >= 4 is 34.5 Å². The minimum atomic E-state index is -0.661. The normalized spacial score (nSPS) is 13.0. The minimum Gasteiger partial charge on any atom is -0.325 e. The Balaban J connectivity index is 1.76. The number of hydrogen-bond acceptors (Lipinski definition) is 3. The van der Waals surface area contributed by atoms with Crippen molar-refractivity contribution < 1.29 is 13.6 Å². The highest BCUT2D eigenvalue weighted by Crippen LogP contribution is 2.37. The number of fused-ring (bicyclic) bond motifs is 1. The molecule has 3 nitrogen and oxygen atoms in total. The van der Waals surface area contributed by atoms with Crippen molar-refractivity contribution in [2.75, 3.05) is 5.32 Å². The summed E-state index contributed by atoms with van der Waals surface area (Å²) in [5, 5.41) is 5.38. The zero-order chi connectivity index (χ0) is 16.8. The number of carbonyl (C=O) groups is 1. The molecule has 4 rings (SSSR count). The van der Waals surface area contributed by atoms with Crippen molar-refractivity contribution in [2.45, 2.75) is 6.42 Å². The summed E-state index contributed by atoms with van der Waals surface area (Å²) in [4.78, 5) is 15.9. The van der Waals surface area contributed by atoms with Gasteiger partial charge in [0.05, 0.1) is 17.1 Å². The number of nitrogens with zero attached hydrogens (tertiary/aromatic N) is 1.